The van der Waals surface area contributed by atoms with Crippen LogP contribution in [0.25, 0.3) is 0 Å². The minimum Gasteiger partial charge on any atom is -0.380 e. The lowest BCUT2D eigenvalue weighted by atomic mass is 9.91. The standard InChI is InChI=1S/C8H16N2O2/c1-10(2)7(11)8(12)3-5-9-6-4-8/h9,12H,3-6H2,1-2H3. The number of hydrogen-bond acceptors (Lipinski definition) is 3. The van der Waals surface area contributed by atoms with Crippen molar-refractivity contribution < 1.29 is 9.90 Å². The van der Waals surface area contributed by atoms with Gasteiger partial charge in [0.05, 0.1) is 0 Å². The molecule has 12 heavy (non-hydrogen) atoms. The first-order chi connectivity index (χ1) is 5.56. The molecule has 4 nitrogen and oxygen atoms in total. The van der Waals surface area contributed by atoms with Crippen LogP contribution in [0.3, 0.4) is 0 Å². The molecule has 2 N–H and O–H groups in total. The fourth-order valence-electron chi connectivity index (χ4n) is 1.47. The van der Waals surface area contributed by atoms with E-state index in [-0.39, 0.29) is 5.91 Å². The summed E-state index contributed by atoms with van der Waals surface area (Å²) in [5, 5.41) is 13.0. The van der Waals surface area contributed by atoms with Crippen LogP contribution in [0.1, 0.15) is 12.8 Å². The zero-order valence-corrected chi connectivity index (χ0v) is 7.63. The van der Waals surface area contributed by atoms with E-state index in [1.165, 1.54) is 4.90 Å². The van der Waals surface area contributed by atoms with Crippen molar-refractivity contribution in [2.75, 3.05) is 27.2 Å². The van der Waals surface area contributed by atoms with Crippen molar-refractivity contribution in [3.63, 3.8) is 0 Å². The van der Waals surface area contributed by atoms with E-state index in [9.17, 15) is 9.90 Å². The van der Waals surface area contributed by atoms with Crippen LogP contribution < -0.4 is 5.32 Å². The zero-order chi connectivity index (χ0) is 9.19. The predicted octanol–water partition coefficient (Wildman–Crippen LogP) is -0.811. The van der Waals surface area contributed by atoms with Crippen LogP contribution in [-0.2, 0) is 4.79 Å². The molecule has 0 atom stereocenters. The minimum atomic E-state index is -1.12. The summed E-state index contributed by atoms with van der Waals surface area (Å²) in [5.41, 5.74) is -1.12. The highest BCUT2D eigenvalue weighted by atomic mass is 16.3. The van der Waals surface area contributed by atoms with E-state index >= 15 is 0 Å². The maximum Gasteiger partial charge on any atom is 0.254 e. The molecule has 0 aromatic heterocycles. The molecular formula is C8H16N2O2. The third-order valence-electron chi connectivity index (χ3n) is 2.23. The average molecular weight is 172 g/mol. The van der Waals surface area contributed by atoms with E-state index < -0.39 is 5.60 Å². The molecule has 70 valence electrons. The highest BCUT2D eigenvalue weighted by Crippen LogP contribution is 2.19. The molecule has 0 aliphatic carbocycles. The van der Waals surface area contributed by atoms with Crippen LogP contribution in [0, 0.1) is 0 Å². The number of hydrogen-bond donors (Lipinski definition) is 2. The summed E-state index contributed by atoms with van der Waals surface area (Å²) < 4.78 is 0. The van der Waals surface area contributed by atoms with Gasteiger partial charge in [0.2, 0.25) is 0 Å². The molecule has 4 heteroatoms. The molecule has 0 aromatic carbocycles. The summed E-state index contributed by atoms with van der Waals surface area (Å²) in [6.07, 6.45) is 1.04. The summed E-state index contributed by atoms with van der Waals surface area (Å²) in [5.74, 6) is -0.177. The molecule has 0 radical (unpaired) electrons. The van der Waals surface area contributed by atoms with Crippen molar-refractivity contribution in [1.82, 2.24) is 10.2 Å². The van der Waals surface area contributed by atoms with Crippen LogP contribution in [0.2, 0.25) is 0 Å². The first-order valence-corrected chi connectivity index (χ1v) is 4.21. The van der Waals surface area contributed by atoms with Gasteiger partial charge in [-0.15, -0.1) is 0 Å². The molecule has 1 rings (SSSR count). The van der Waals surface area contributed by atoms with E-state index in [1.54, 1.807) is 14.1 Å². The Hall–Kier alpha value is -0.610. The molecule has 0 spiro atoms. The topological polar surface area (TPSA) is 52.6 Å². The molecule has 1 heterocycles. The van der Waals surface area contributed by atoms with Crippen LogP contribution >= 0.6 is 0 Å². The molecular weight excluding hydrogens is 156 g/mol. The third-order valence-corrected chi connectivity index (χ3v) is 2.23. The van der Waals surface area contributed by atoms with E-state index in [1.807, 2.05) is 0 Å². The third kappa shape index (κ3) is 1.76. The van der Waals surface area contributed by atoms with Crippen molar-refractivity contribution in [2.24, 2.45) is 0 Å². The Morgan fingerprint density at radius 1 is 1.42 bits per heavy atom. The maximum atomic E-state index is 11.5. The lowest BCUT2D eigenvalue weighted by molar-refractivity contribution is -0.151. The van der Waals surface area contributed by atoms with Crippen LogP contribution in [0.15, 0.2) is 0 Å². The van der Waals surface area contributed by atoms with Crippen molar-refractivity contribution in [3.8, 4) is 0 Å². The molecule has 0 bridgehead atoms. The fraction of sp³-hybridized carbons (Fsp3) is 0.875. The fourth-order valence-corrected chi connectivity index (χ4v) is 1.47. The maximum absolute atomic E-state index is 11.5. The van der Waals surface area contributed by atoms with Gasteiger partial charge in [-0.2, -0.15) is 0 Å². The van der Waals surface area contributed by atoms with Gasteiger partial charge in [-0.1, -0.05) is 0 Å². The molecule has 1 aliphatic heterocycles. The van der Waals surface area contributed by atoms with Crippen LogP contribution in [0.5, 0.6) is 0 Å². The lowest BCUT2D eigenvalue weighted by Gasteiger charge is -2.33. The number of carbonyl (C=O) groups excluding carboxylic acids is 1. The van der Waals surface area contributed by atoms with Gasteiger partial charge < -0.3 is 15.3 Å². The second-order valence-corrected chi connectivity index (χ2v) is 3.48. The van der Waals surface area contributed by atoms with Crippen molar-refractivity contribution >= 4 is 5.91 Å². The molecule has 1 aliphatic rings. The molecule has 1 fully saturated rings. The number of nitrogens with zero attached hydrogens (tertiary/aromatic N) is 1. The number of rotatable bonds is 1. The second-order valence-electron chi connectivity index (χ2n) is 3.48. The Balaban J connectivity index is 2.62. The summed E-state index contributed by atoms with van der Waals surface area (Å²) in [6, 6.07) is 0. The van der Waals surface area contributed by atoms with E-state index in [0.717, 1.165) is 13.1 Å². The van der Waals surface area contributed by atoms with Gasteiger partial charge in [-0.25, -0.2) is 0 Å². The highest BCUT2D eigenvalue weighted by molar-refractivity contribution is 5.84. The van der Waals surface area contributed by atoms with Crippen molar-refractivity contribution in [2.45, 2.75) is 18.4 Å². The Morgan fingerprint density at radius 3 is 2.33 bits per heavy atom. The summed E-state index contributed by atoms with van der Waals surface area (Å²) >= 11 is 0. The molecule has 1 saturated heterocycles. The Labute approximate surface area is 72.6 Å². The Kier molecular flexibility index (Phi) is 2.69. The van der Waals surface area contributed by atoms with Gasteiger partial charge >= 0.3 is 0 Å². The lowest BCUT2D eigenvalue weighted by Crippen LogP contribution is -2.52. The number of carbonyl (C=O) groups is 1. The van der Waals surface area contributed by atoms with E-state index in [0.29, 0.717) is 12.8 Å². The molecule has 0 unspecified atom stereocenters. The number of likely N-dealkylation sites (N-methyl/N-ethyl adjacent to an activating group) is 1. The SMILES string of the molecule is CN(C)C(=O)C1(O)CCNCC1. The normalized spacial score (nSPS) is 21.9. The predicted molar refractivity (Wildman–Crippen MR) is 45.7 cm³/mol. The zero-order valence-electron chi connectivity index (χ0n) is 7.63. The van der Waals surface area contributed by atoms with Gasteiger partial charge in [0, 0.05) is 14.1 Å². The summed E-state index contributed by atoms with van der Waals surface area (Å²) in [4.78, 5) is 12.9. The molecule has 1 amide bonds. The highest BCUT2D eigenvalue weighted by Gasteiger charge is 2.37. The molecule has 0 saturated carbocycles. The van der Waals surface area contributed by atoms with Gasteiger partial charge in [0.25, 0.3) is 5.91 Å². The van der Waals surface area contributed by atoms with Crippen LogP contribution in [0.4, 0.5) is 0 Å². The average Bonchev–Trinajstić information content (AvgIpc) is 2.04. The number of piperidine rings is 1. The van der Waals surface area contributed by atoms with E-state index in [2.05, 4.69) is 5.32 Å². The first-order valence-electron chi connectivity index (χ1n) is 4.21. The largest absolute Gasteiger partial charge is 0.380 e. The summed E-state index contributed by atoms with van der Waals surface area (Å²) in [7, 11) is 3.34. The van der Waals surface area contributed by atoms with Gasteiger partial charge in [-0.05, 0) is 25.9 Å². The van der Waals surface area contributed by atoms with Gasteiger partial charge in [0.15, 0.2) is 0 Å². The monoisotopic (exact) mass is 172 g/mol. The Morgan fingerprint density at radius 2 is 1.92 bits per heavy atom. The first kappa shape index (κ1) is 9.48. The van der Waals surface area contributed by atoms with Gasteiger partial charge in [-0.3, -0.25) is 4.79 Å². The minimum absolute atomic E-state index is 0.177. The van der Waals surface area contributed by atoms with Crippen molar-refractivity contribution in [1.29, 1.82) is 0 Å². The Bertz CT molecular complexity index is 174. The van der Waals surface area contributed by atoms with Crippen LogP contribution in [-0.4, -0.2) is 48.7 Å². The smallest absolute Gasteiger partial charge is 0.254 e. The summed E-state index contributed by atoms with van der Waals surface area (Å²) in [6.45, 7) is 1.44. The number of nitrogens with one attached hydrogen (secondary N) is 1. The van der Waals surface area contributed by atoms with E-state index in [4.69, 9.17) is 0 Å². The second kappa shape index (κ2) is 3.41. The number of aliphatic hydroxyl groups is 1. The van der Waals surface area contributed by atoms with Gasteiger partial charge in [0.1, 0.15) is 5.60 Å². The quantitative estimate of drug-likeness (QED) is 0.544. The van der Waals surface area contributed by atoms with Crippen molar-refractivity contribution in [3.05, 3.63) is 0 Å². The molecule has 0 aromatic rings. The number of amides is 1.